The summed E-state index contributed by atoms with van der Waals surface area (Å²) in [6.07, 6.45) is 2.81. The fourth-order valence-corrected chi connectivity index (χ4v) is 7.22. The monoisotopic (exact) mass is 377 g/mol. The van der Waals surface area contributed by atoms with Crippen molar-refractivity contribution in [3.05, 3.63) is 0 Å². The molecule has 0 aromatic rings. The molecule has 2 bridgehead atoms. The number of ketones is 1. The summed E-state index contributed by atoms with van der Waals surface area (Å²) in [6.45, 7) is 4.37. The van der Waals surface area contributed by atoms with Crippen LogP contribution in [0.3, 0.4) is 0 Å². The molecular formula is C20H27NO6. The maximum Gasteiger partial charge on any atom is 0.326 e. The van der Waals surface area contributed by atoms with Crippen LogP contribution in [0.5, 0.6) is 0 Å². The number of carbonyl (C=O) groups excluding carboxylic acids is 2. The van der Waals surface area contributed by atoms with Crippen LogP contribution in [-0.4, -0.2) is 51.3 Å². The Morgan fingerprint density at radius 1 is 1.07 bits per heavy atom. The number of carboxylic acids is 2. The highest BCUT2D eigenvalue weighted by atomic mass is 16.4. The Balaban J connectivity index is 1.74. The van der Waals surface area contributed by atoms with Gasteiger partial charge in [-0.3, -0.25) is 14.4 Å². The zero-order valence-electron chi connectivity index (χ0n) is 15.8. The SMILES string of the molecule is CC1(C)CC23C(C(=O)O)CCC1C2CC(=O)C3CN1C(=O)CCC1C(=O)O. The Kier molecular flexibility index (Phi) is 3.95. The van der Waals surface area contributed by atoms with E-state index in [1.54, 1.807) is 0 Å². The van der Waals surface area contributed by atoms with Gasteiger partial charge >= 0.3 is 11.9 Å². The molecule has 7 heteroatoms. The molecule has 1 saturated heterocycles. The van der Waals surface area contributed by atoms with Gasteiger partial charge in [-0.2, -0.15) is 0 Å². The lowest BCUT2D eigenvalue weighted by Crippen LogP contribution is -2.51. The molecule has 1 heterocycles. The van der Waals surface area contributed by atoms with Crippen LogP contribution in [-0.2, 0) is 19.2 Å². The molecule has 4 aliphatic rings. The molecule has 7 nitrogen and oxygen atoms in total. The molecule has 3 saturated carbocycles. The molecule has 148 valence electrons. The van der Waals surface area contributed by atoms with E-state index in [1.807, 2.05) is 0 Å². The molecule has 27 heavy (non-hydrogen) atoms. The minimum Gasteiger partial charge on any atom is -0.481 e. The summed E-state index contributed by atoms with van der Waals surface area (Å²) in [7, 11) is 0. The van der Waals surface area contributed by atoms with Gasteiger partial charge < -0.3 is 15.1 Å². The van der Waals surface area contributed by atoms with E-state index in [0.29, 0.717) is 25.2 Å². The van der Waals surface area contributed by atoms with E-state index >= 15 is 0 Å². The van der Waals surface area contributed by atoms with E-state index in [1.165, 1.54) is 4.90 Å². The van der Waals surface area contributed by atoms with Crippen molar-refractivity contribution < 1.29 is 29.4 Å². The standard InChI is InChI=1S/C20H27NO6/c1-19(2)9-20-11(17(24)25)4-3-10(19)12(20)7-15(22)13(20)8-21-14(18(26)27)5-6-16(21)23/h10-14H,3-9H2,1-2H3,(H,24,25)(H,26,27). The Hall–Kier alpha value is -1.92. The normalized spacial score (nSPS) is 42.4. The van der Waals surface area contributed by atoms with Gasteiger partial charge in [-0.1, -0.05) is 13.8 Å². The first-order valence-electron chi connectivity index (χ1n) is 9.87. The van der Waals surface area contributed by atoms with Gasteiger partial charge in [0.1, 0.15) is 11.8 Å². The molecule has 1 amide bonds. The Morgan fingerprint density at radius 3 is 2.41 bits per heavy atom. The van der Waals surface area contributed by atoms with Gasteiger partial charge in [0.05, 0.1) is 5.92 Å². The third kappa shape index (κ3) is 2.39. The molecule has 3 aliphatic carbocycles. The summed E-state index contributed by atoms with van der Waals surface area (Å²) in [5.41, 5.74) is -0.698. The fourth-order valence-electron chi connectivity index (χ4n) is 7.22. The fraction of sp³-hybridized carbons (Fsp3) is 0.800. The lowest BCUT2D eigenvalue weighted by molar-refractivity contribution is -0.155. The van der Waals surface area contributed by atoms with Crippen LogP contribution >= 0.6 is 0 Å². The van der Waals surface area contributed by atoms with Crippen molar-refractivity contribution in [2.75, 3.05) is 6.54 Å². The van der Waals surface area contributed by atoms with Crippen LogP contribution in [0.25, 0.3) is 0 Å². The maximum absolute atomic E-state index is 13.0. The number of nitrogens with zero attached hydrogens (tertiary/aromatic N) is 1. The van der Waals surface area contributed by atoms with Gasteiger partial charge in [0.2, 0.25) is 5.91 Å². The zero-order chi connectivity index (χ0) is 19.7. The summed E-state index contributed by atoms with van der Waals surface area (Å²) in [4.78, 5) is 50.3. The first kappa shape index (κ1) is 18.4. The average Bonchev–Trinajstić information content (AvgIpc) is 3.08. The Labute approximate surface area is 158 Å². The summed E-state index contributed by atoms with van der Waals surface area (Å²) < 4.78 is 0. The van der Waals surface area contributed by atoms with E-state index in [0.717, 1.165) is 6.42 Å². The molecule has 1 aliphatic heterocycles. The van der Waals surface area contributed by atoms with Crippen molar-refractivity contribution in [3.8, 4) is 0 Å². The minimum atomic E-state index is -1.05. The number of hydrogen-bond donors (Lipinski definition) is 2. The maximum atomic E-state index is 13.0. The second kappa shape index (κ2) is 5.79. The lowest BCUT2D eigenvalue weighted by atomic mass is 9.59. The number of aliphatic carboxylic acids is 2. The molecule has 0 aromatic heterocycles. The molecule has 6 atom stereocenters. The second-order valence-electron chi connectivity index (χ2n) is 9.62. The van der Waals surface area contributed by atoms with Gasteiger partial charge in [0.25, 0.3) is 0 Å². The number of hydrogen-bond acceptors (Lipinski definition) is 4. The van der Waals surface area contributed by atoms with E-state index in [9.17, 15) is 29.4 Å². The first-order valence-corrected chi connectivity index (χ1v) is 9.87. The quantitative estimate of drug-likeness (QED) is 0.772. The molecular weight excluding hydrogens is 350 g/mol. The number of carboxylic acid groups (broad SMARTS) is 2. The van der Waals surface area contributed by atoms with Crippen molar-refractivity contribution in [1.82, 2.24) is 4.90 Å². The number of likely N-dealkylation sites (tertiary alicyclic amines) is 1. The Morgan fingerprint density at radius 2 is 1.78 bits per heavy atom. The molecule has 0 radical (unpaired) electrons. The van der Waals surface area contributed by atoms with Crippen LogP contribution in [0, 0.1) is 34.5 Å². The summed E-state index contributed by atoms with van der Waals surface area (Å²) in [5, 5.41) is 19.4. The predicted molar refractivity (Wildman–Crippen MR) is 93.7 cm³/mol. The van der Waals surface area contributed by atoms with Crippen molar-refractivity contribution in [1.29, 1.82) is 0 Å². The van der Waals surface area contributed by atoms with E-state index in [2.05, 4.69) is 13.8 Å². The van der Waals surface area contributed by atoms with Crippen molar-refractivity contribution in [2.24, 2.45) is 34.5 Å². The highest BCUT2D eigenvalue weighted by Gasteiger charge is 2.71. The molecule has 0 aromatic carbocycles. The number of carbonyl (C=O) groups is 4. The largest absolute Gasteiger partial charge is 0.481 e. The third-order valence-corrected chi connectivity index (χ3v) is 8.11. The van der Waals surface area contributed by atoms with E-state index < -0.39 is 35.2 Å². The third-order valence-electron chi connectivity index (χ3n) is 8.11. The van der Waals surface area contributed by atoms with Crippen LogP contribution in [0.4, 0.5) is 0 Å². The van der Waals surface area contributed by atoms with Crippen molar-refractivity contribution in [3.63, 3.8) is 0 Å². The van der Waals surface area contributed by atoms with Gasteiger partial charge in [-0.25, -0.2) is 4.79 Å². The second-order valence-corrected chi connectivity index (χ2v) is 9.62. The number of rotatable bonds is 4. The molecule has 6 unspecified atom stereocenters. The highest BCUT2D eigenvalue weighted by molar-refractivity contribution is 5.90. The van der Waals surface area contributed by atoms with Crippen LogP contribution in [0.2, 0.25) is 0 Å². The lowest BCUT2D eigenvalue weighted by Gasteiger charge is -2.45. The molecule has 0 spiro atoms. The van der Waals surface area contributed by atoms with Crippen molar-refractivity contribution >= 4 is 23.6 Å². The molecule has 4 fully saturated rings. The first-order chi connectivity index (χ1) is 12.6. The summed E-state index contributed by atoms with van der Waals surface area (Å²) >= 11 is 0. The van der Waals surface area contributed by atoms with Gasteiger partial charge in [-0.15, -0.1) is 0 Å². The summed E-state index contributed by atoms with van der Waals surface area (Å²) in [6, 6.07) is -0.905. The number of amides is 1. The molecule has 4 rings (SSSR count). The van der Waals surface area contributed by atoms with E-state index in [4.69, 9.17) is 0 Å². The minimum absolute atomic E-state index is 0.0116. The van der Waals surface area contributed by atoms with Crippen LogP contribution in [0.15, 0.2) is 0 Å². The average molecular weight is 377 g/mol. The molecule has 2 N–H and O–H groups in total. The van der Waals surface area contributed by atoms with Gasteiger partial charge in [0, 0.05) is 25.3 Å². The van der Waals surface area contributed by atoms with Crippen molar-refractivity contribution in [2.45, 2.75) is 58.4 Å². The summed E-state index contributed by atoms with van der Waals surface area (Å²) in [5.74, 6) is -2.98. The van der Waals surface area contributed by atoms with Crippen LogP contribution < -0.4 is 0 Å². The van der Waals surface area contributed by atoms with Crippen LogP contribution in [0.1, 0.15) is 52.4 Å². The predicted octanol–water partition coefficient (Wildman–Crippen LogP) is 1.79. The number of Topliss-reactive ketones (excluding diaryl/α,β-unsaturated/α-hetero) is 1. The van der Waals surface area contributed by atoms with E-state index in [-0.39, 0.29) is 42.4 Å². The highest BCUT2D eigenvalue weighted by Crippen LogP contribution is 2.72. The smallest absolute Gasteiger partial charge is 0.326 e. The topological polar surface area (TPSA) is 112 Å². The van der Waals surface area contributed by atoms with Gasteiger partial charge in [-0.05, 0) is 48.3 Å². The zero-order valence-corrected chi connectivity index (χ0v) is 15.8. The Bertz CT molecular complexity index is 730. The van der Waals surface area contributed by atoms with Gasteiger partial charge in [0.15, 0.2) is 0 Å².